The van der Waals surface area contributed by atoms with Gasteiger partial charge in [-0.2, -0.15) is 0 Å². The molecule has 0 aromatic heterocycles. The van der Waals surface area contributed by atoms with E-state index in [-0.39, 0.29) is 11.6 Å². The Balaban J connectivity index is 2.84. The largest absolute Gasteiger partial charge is 0.478 e. The number of carbonyl (C=O) groups is 2. The molecule has 0 aliphatic heterocycles. The minimum Gasteiger partial charge on any atom is -0.478 e. The van der Waals surface area contributed by atoms with E-state index in [2.05, 4.69) is 35.1 Å². The van der Waals surface area contributed by atoms with Crippen molar-refractivity contribution in [2.24, 2.45) is 5.92 Å². The van der Waals surface area contributed by atoms with Crippen LogP contribution in [0.2, 0.25) is 0 Å². The van der Waals surface area contributed by atoms with Gasteiger partial charge in [0.05, 0.1) is 5.56 Å². The van der Waals surface area contributed by atoms with Crippen LogP contribution in [0.4, 0.5) is 10.5 Å². The van der Waals surface area contributed by atoms with E-state index in [1.807, 2.05) is 6.92 Å². The second-order valence-electron chi connectivity index (χ2n) is 5.02. The summed E-state index contributed by atoms with van der Waals surface area (Å²) in [6.07, 6.45) is 1.00. The third-order valence-electron chi connectivity index (χ3n) is 3.29. The van der Waals surface area contributed by atoms with Crippen molar-refractivity contribution in [1.82, 2.24) is 4.90 Å². The van der Waals surface area contributed by atoms with Gasteiger partial charge in [-0.15, -0.1) is 0 Å². The molecule has 116 valence electrons. The smallest absolute Gasteiger partial charge is 0.335 e. The number of anilines is 1. The molecule has 1 atom stereocenters. The quantitative estimate of drug-likeness (QED) is 0.807. The fourth-order valence-corrected chi connectivity index (χ4v) is 2.34. The highest BCUT2D eigenvalue weighted by molar-refractivity contribution is 9.10. The lowest BCUT2D eigenvalue weighted by molar-refractivity contribution is 0.0696. The van der Waals surface area contributed by atoms with Crippen molar-refractivity contribution in [2.75, 3.05) is 18.4 Å². The maximum atomic E-state index is 12.2. The molecule has 0 heterocycles. The Morgan fingerprint density at radius 2 is 2.00 bits per heavy atom. The first-order chi connectivity index (χ1) is 9.87. The predicted octanol–water partition coefficient (Wildman–Crippen LogP) is 4.05. The fraction of sp³-hybridized carbons (Fsp3) is 0.467. The number of carboxylic acids is 1. The number of carbonyl (C=O) groups excluding carboxylic acids is 1. The first-order valence-corrected chi connectivity index (χ1v) is 7.76. The zero-order valence-corrected chi connectivity index (χ0v) is 14.1. The topological polar surface area (TPSA) is 69.6 Å². The average molecular weight is 357 g/mol. The first kappa shape index (κ1) is 17.5. The van der Waals surface area contributed by atoms with Gasteiger partial charge < -0.3 is 15.3 Å². The van der Waals surface area contributed by atoms with E-state index < -0.39 is 5.97 Å². The second-order valence-corrected chi connectivity index (χ2v) is 5.93. The fourth-order valence-electron chi connectivity index (χ4n) is 1.85. The van der Waals surface area contributed by atoms with Gasteiger partial charge in [0.2, 0.25) is 0 Å². The molecule has 0 fully saturated rings. The lowest BCUT2D eigenvalue weighted by Gasteiger charge is -2.24. The van der Waals surface area contributed by atoms with Crippen molar-refractivity contribution >= 4 is 33.6 Å². The van der Waals surface area contributed by atoms with E-state index in [1.165, 1.54) is 12.1 Å². The van der Waals surface area contributed by atoms with E-state index in [0.717, 1.165) is 6.42 Å². The SMILES string of the molecule is CCC(C)CN(CC)C(=O)Nc1cc(Br)cc(C(=O)O)c1. The normalized spacial score (nSPS) is 11.8. The highest BCUT2D eigenvalue weighted by Gasteiger charge is 2.15. The van der Waals surface area contributed by atoms with E-state index in [1.54, 1.807) is 11.0 Å². The lowest BCUT2D eigenvalue weighted by atomic mass is 10.1. The van der Waals surface area contributed by atoms with Gasteiger partial charge in [-0.05, 0) is 31.0 Å². The summed E-state index contributed by atoms with van der Waals surface area (Å²) < 4.78 is 0.614. The minimum absolute atomic E-state index is 0.129. The van der Waals surface area contributed by atoms with Crippen LogP contribution in [0, 0.1) is 5.92 Å². The molecule has 1 rings (SSSR count). The van der Waals surface area contributed by atoms with Gasteiger partial charge in [0, 0.05) is 23.2 Å². The standard InChI is InChI=1S/C15H21BrN2O3/c1-4-10(3)9-18(5-2)15(21)17-13-7-11(14(19)20)6-12(16)8-13/h6-8,10H,4-5,9H2,1-3H3,(H,17,21)(H,19,20). The number of nitrogens with zero attached hydrogens (tertiary/aromatic N) is 1. The van der Waals surface area contributed by atoms with Crippen molar-refractivity contribution in [3.05, 3.63) is 28.2 Å². The minimum atomic E-state index is -1.03. The summed E-state index contributed by atoms with van der Waals surface area (Å²) in [5.74, 6) is -0.605. The zero-order chi connectivity index (χ0) is 16.0. The van der Waals surface area contributed by atoms with E-state index >= 15 is 0 Å². The Bertz CT molecular complexity index is 520. The molecule has 0 aliphatic carbocycles. The average Bonchev–Trinajstić information content (AvgIpc) is 2.43. The van der Waals surface area contributed by atoms with Crippen molar-refractivity contribution in [3.8, 4) is 0 Å². The van der Waals surface area contributed by atoms with Gasteiger partial charge in [0.15, 0.2) is 0 Å². The second kappa shape index (κ2) is 8.02. The Hall–Kier alpha value is -1.56. The summed E-state index contributed by atoms with van der Waals surface area (Å²) >= 11 is 3.25. The molecule has 0 saturated heterocycles. The summed E-state index contributed by atoms with van der Waals surface area (Å²) in [7, 11) is 0. The molecule has 1 aromatic rings. The Labute approximate surface area is 133 Å². The number of aromatic carboxylic acids is 1. The first-order valence-electron chi connectivity index (χ1n) is 6.97. The van der Waals surface area contributed by atoms with Gasteiger partial charge in [-0.25, -0.2) is 9.59 Å². The number of benzene rings is 1. The van der Waals surface area contributed by atoms with Crippen molar-refractivity contribution in [1.29, 1.82) is 0 Å². The van der Waals surface area contributed by atoms with Gasteiger partial charge in [0.1, 0.15) is 0 Å². The molecule has 2 amide bonds. The molecule has 21 heavy (non-hydrogen) atoms. The third-order valence-corrected chi connectivity index (χ3v) is 3.75. The number of carboxylic acid groups (broad SMARTS) is 1. The molecule has 0 saturated carbocycles. The van der Waals surface area contributed by atoms with Crippen molar-refractivity contribution in [3.63, 3.8) is 0 Å². The van der Waals surface area contributed by atoms with Crippen LogP contribution in [0.1, 0.15) is 37.6 Å². The van der Waals surface area contributed by atoms with Crippen LogP contribution in [-0.4, -0.2) is 35.1 Å². The molecule has 2 N–H and O–H groups in total. The molecular weight excluding hydrogens is 336 g/mol. The van der Waals surface area contributed by atoms with Gasteiger partial charge in [-0.1, -0.05) is 36.2 Å². The van der Waals surface area contributed by atoms with Crippen LogP contribution in [-0.2, 0) is 0 Å². The molecule has 6 heteroatoms. The molecule has 0 aliphatic rings. The summed E-state index contributed by atoms with van der Waals surface area (Å²) in [4.78, 5) is 25.0. The summed E-state index contributed by atoms with van der Waals surface area (Å²) in [6.45, 7) is 7.39. The van der Waals surface area contributed by atoms with Gasteiger partial charge in [-0.3, -0.25) is 0 Å². The van der Waals surface area contributed by atoms with Crippen molar-refractivity contribution < 1.29 is 14.7 Å². The van der Waals surface area contributed by atoms with Crippen LogP contribution >= 0.6 is 15.9 Å². The summed E-state index contributed by atoms with van der Waals surface area (Å²) in [6, 6.07) is 4.41. The van der Waals surface area contributed by atoms with Crippen LogP contribution in [0.15, 0.2) is 22.7 Å². The molecule has 5 nitrogen and oxygen atoms in total. The van der Waals surface area contributed by atoms with Crippen LogP contribution in [0.3, 0.4) is 0 Å². The number of nitrogens with one attached hydrogen (secondary N) is 1. The van der Waals surface area contributed by atoms with Gasteiger partial charge in [0.25, 0.3) is 0 Å². The third kappa shape index (κ3) is 5.38. The number of hydrogen-bond acceptors (Lipinski definition) is 2. The maximum Gasteiger partial charge on any atom is 0.335 e. The van der Waals surface area contributed by atoms with Crippen LogP contribution in [0.5, 0.6) is 0 Å². The Morgan fingerprint density at radius 3 is 2.52 bits per heavy atom. The monoisotopic (exact) mass is 356 g/mol. The maximum absolute atomic E-state index is 12.2. The van der Waals surface area contributed by atoms with E-state index in [9.17, 15) is 9.59 Å². The van der Waals surface area contributed by atoms with E-state index in [0.29, 0.717) is 29.2 Å². The molecule has 0 spiro atoms. The number of halogens is 1. The molecule has 1 aromatic carbocycles. The predicted molar refractivity (Wildman–Crippen MR) is 86.8 cm³/mol. The van der Waals surface area contributed by atoms with Crippen LogP contribution in [0.25, 0.3) is 0 Å². The van der Waals surface area contributed by atoms with Gasteiger partial charge >= 0.3 is 12.0 Å². The Morgan fingerprint density at radius 1 is 1.33 bits per heavy atom. The molecular formula is C15H21BrN2O3. The van der Waals surface area contributed by atoms with Crippen molar-refractivity contribution in [2.45, 2.75) is 27.2 Å². The molecule has 0 bridgehead atoms. The number of hydrogen-bond donors (Lipinski definition) is 2. The zero-order valence-electron chi connectivity index (χ0n) is 12.5. The highest BCUT2D eigenvalue weighted by atomic mass is 79.9. The highest BCUT2D eigenvalue weighted by Crippen LogP contribution is 2.20. The molecule has 1 unspecified atom stereocenters. The number of urea groups is 1. The summed E-state index contributed by atoms with van der Waals surface area (Å²) in [5, 5.41) is 11.8. The van der Waals surface area contributed by atoms with E-state index in [4.69, 9.17) is 5.11 Å². The number of amides is 2. The molecule has 0 radical (unpaired) electrons. The number of rotatable bonds is 6. The van der Waals surface area contributed by atoms with Crippen LogP contribution < -0.4 is 5.32 Å². The lowest BCUT2D eigenvalue weighted by Crippen LogP contribution is -2.37. The summed E-state index contributed by atoms with van der Waals surface area (Å²) in [5.41, 5.74) is 0.596. The Kier molecular flexibility index (Phi) is 6.68.